The summed E-state index contributed by atoms with van der Waals surface area (Å²) in [6.07, 6.45) is 0.352. The number of rotatable bonds is 7. The lowest BCUT2D eigenvalue weighted by molar-refractivity contribution is -0.00467. The van der Waals surface area contributed by atoms with Crippen molar-refractivity contribution in [3.63, 3.8) is 0 Å². The second-order valence-electron chi connectivity index (χ2n) is 6.08. The van der Waals surface area contributed by atoms with E-state index in [9.17, 15) is 10.2 Å². The maximum atomic E-state index is 10.1. The van der Waals surface area contributed by atoms with Gasteiger partial charge < -0.3 is 19.7 Å². The van der Waals surface area contributed by atoms with Crippen LogP contribution in [-0.2, 0) is 6.54 Å². The van der Waals surface area contributed by atoms with E-state index in [1.54, 1.807) is 0 Å². The first-order valence-electron chi connectivity index (χ1n) is 8.50. The van der Waals surface area contributed by atoms with Gasteiger partial charge in [0.1, 0.15) is 11.5 Å². The van der Waals surface area contributed by atoms with Crippen LogP contribution in [0, 0.1) is 12.8 Å². The van der Waals surface area contributed by atoms with E-state index in [0.717, 1.165) is 42.1 Å². The van der Waals surface area contributed by atoms with Crippen LogP contribution >= 0.6 is 0 Å². The lowest BCUT2D eigenvalue weighted by Gasteiger charge is -2.35. The van der Waals surface area contributed by atoms with Gasteiger partial charge in [-0.3, -0.25) is 4.90 Å². The van der Waals surface area contributed by atoms with Crippen LogP contribution in [0.5, 0.6) is 11.5 Å². The van der Waals surface area contributed by atoms with Crippen molar-refractivity contribution in [3.05, 3.63) is 23.3 Å². The third kappa shape index (κ3) is 4.37. The summed E-state index contributed by atoms with van der Waals surface area (Å²) in [5.41, 5.74) is 2.14. The molecule has 2 N–H and O–H groups in total. The van der Waals surface area contributed by atoms with Gasteiger partial charge in [-0.25, -0.2) is 0 Å². The largest absolute Gasteiger partial charge is 0.493 e. The van der Waals surface area contributed by atoms with Crippen LogP contribution < -0.4 is 9.47 Å². The first-order chi connectivity index (χ1) is 11.1. The van der Waals surface area contributed by atoms with Crippen molar-refractivity contribution < 1.29 is 19.7 Å². The monoisotopic (exact) mass is 323 g/mol. The highest BCUT2D eigenvalue weighted by Crippen LogP contribution is 2.33. The summed E-state index contributed by atoms with van der Waals surface area (Å²) in [7, 11) is 0. The first-order valence-corrected chi connectivity index (χ1v) is 8.50. The molecule has 23 heavy (non-hydrogen) atoms. The van der Waals surface area contributed by atoms with Gasteiger partial charge in [-0.1, -0.05) is 6.07 Å². The van der Waals surface area contributed by atoms with Gasteiger partial charge in [0.25, 0.3) is 0 Å². The average Bonchev–Trinajstić information content (AvgIpc) is 2.54. The van der Waals surface area contributed by atoms with E-state index in [-0.39, 0.29) is 12.5 Å². The van der Waals surface area contributed by atoms with Crippen LogP contribution in [-0.4, -0.2) is 54.1 Å². The Balaban J connectivity index is 2.14. The van der Waals surface area contributed by atoms with Crippen LogP contribution in [0.15, 0.2) is 12.1 Å². The van der Waals surface area contributed by atoms with Gasteiger partial charge in [0.2, 0.25) is 0 Å². The van der Waals surface area contributed by atoms with Crippen LogP contribution in [0.1, 0.15) is 31.4 Å². The van der Waals surface area contributed by atoms with Crippen molar-refractivity contribution in [1.29, 1.82) is 0 Å². The molecular formula is C18H29NO4. The molecule has 0 aromatic heterocycles. The minimum atomic E-state index is -0.465. The molecule has 0 radical (unpaired) electrons. The highest BCUT2D eigenvalue weighted by molar-refractivity contribution is 5.49. The van der Waals surface area contributed by atoms with Gasteiger partial charge in [0.05, 0.1) is 19.3 Å². The minimum Gasteiger partial charge on any atom is -0.493 e. The molecule has 0 unspecified atom stereocenters. The molecule has 2 atom stereocenters. The number of nitrogens with zero attached hydrogens (tertiary/aromatic N) is 1. The standard InChI is InChI=1S/C18H29NO4/c1-4-22-17-7-6-14(18(13(17)3)23-5-2)10-19-9-8-15(12-20)16(21)11-19/h6-7,15-16,20-21H,4-5,8-12H2,1-3H3/t15-,16-/m1/s1. The Morgan fingerprint density at radius 1 is 1.22 bits per heavy atom. The van der Waals surface area contributed by atoms with Crippen molar-refractivity contribution in [2.45, 2.75) is 39.8 Å². The Labute approximate surface area is 138 Å². The Hall–Kier alpha value is -1.30. The molecule has 1 heterocycles. The number of benzene rings is 1. The number of aliphatic hydroxyl groups excluding tert-OH is 2. The quantitative estimate of drug-likeness (QED) is 0.803. The van der Waals surface area contributed by atoms with Gasteiger partial charge in [0.15, 0.2) is 0 Å². The highest BCUT2D eigenvalue weighted by Gasteiger charge is 2.27. The molecule has 1 aromatic carbocycles. The SMILES string of the molecule is CCOc1ccc(CN2CC[C@H](CO)[C@H](O)C2)c(OCC)c1C. The van der Waals surface area contributed by atoms with Gasteiger partial charge in [0, 0.05) is 36.7 Å². The average molecular weight is 323 g/mol. The van der Waals surface area contributed by atoms with Gasteiger partial charge in [-0.2, -0.15) is 0 Å². The zero-order chi connectivity index (χ0) is 16.8. The van der Waals surface area contributed by atoms with Crippen LogP contribution in [0.25, 0.3) is 0 Å². The van der Waals surface area contributed by atoms with Crippen molar-refractivity contribution in [3.8, 4) is 11.5 Å². The Morgan fingerprint density at radius 3 is 2.57 bits per heavy atom. The zero-order valence-electron chi connectivity index (χ0n) is 14.4. The van der Waals surface area contributed by atoms with Crippen molar-refractivity contribution >= 4 is 0 Å². The fourth-order valence-electron chi connectivity index (χ4n) is 3.15. The van der Waals surface area contributed by atoms with E-state index in [0.29, 0.717) is 19.8 Å². The number of hydrogen-bond acceptors (Lipinski definition) is 5. The molecular weight excluding hydrogens is 294 g/mol. The normalized spacial score (nSPS) is 22.1. The predicted molar refractivity (Wildman–Crippen MR) is 90.0 cm³/mol. The molecule has 130 valence electrons. The second kappa shape index (κ2) is 8.52. The fourth-order valence-corrected chi connectivity index (χ4v) is 3.15. The lowest BCUT2D eigenvalue weighted by Crippen LogP contribution is -2.44. The third-order valence-electron chi connectivity index (χ3n) is 4.46. The summed E-state index contributed by atoms with van der Waals surface area (Å²) < 4.78 is 11.5. The summed E-state index contributed by atoms with van der Waals surface area (Å²) >= 11 is 0. The maximum Gasteiger partial charge on any atom is 0.130 e. The molecule has 5 heteroatoms. The van der Waals surface area contributed by atoms with E-state index in [2.05, 4.69) is 4.90 Å². The fraction of sp³-hybridized carbons (Fsp3) is 0.667. The van der Waals surface area contributed by atoms with Gasteiger partial charge in [-0.05, 0) is 39.8 Å². The topological polar surface area (TPSA) is 62.2 Å². The molecule has 0 saturated carbocycles. The van der Waals surface area contributed by atoms with Crippen LogP contribution in [0.3, 0.4) is 0 Å². The molecule has 5 nitrogen and oxygen atoms in total. The van der Waals surface area contributed by atoms with Crippen molar-refractivity contribution in [1.82, 2.24) is 4.90 Å². The number of ether oxygens (including phenoxy) is 2. The molecule has 1 aliphatic heterocycles. The molecule has 1 saturated heterocycles. The molecule has 0 amide bonds. The van der Waals surface area contributed by atoms with E-state index < -0.39 is 6.10 Å². The summed E-state index contributed by atoms with van der Waals surface area (Å²) in [6.45, 7) is 9.47. The molecule has 1 fully saturated rings. The first kappa shape index (κ1) is 18.0. The Bertz CT molecular complexity index is 506. The summed E-state index contributed by atoms with van der Waals surface area (Å²) in [5, 5.41) is 19.4. The molecule has 0 spiro atoms. The van der Waals surface area contributed by atoms with E-state index in [4.69, 9.17) is 9.47 Å². The highest BCUT2D eigenvalue weighted by atomic mass is 16.5. The van der Waals surface area contributed by atoms with E-state index in [1.807, 2.05) is 32.9 Å². The second-order valence-corrected chi connectivity index (χ2v) is 6.08. The number of aliphatic hydroxyl groups is 2. The van der Waals surface area contributed by atoms with Gasteiger partial charge in [-0.15, -0.1) is 0 Å². The molecule has 1 aromatic rings. The number of likely N-dealkylation sites (tertiary alicyclic amines) is 1. The van der Waals surface area contributed by atoms with E-state index in [1.165, 1.54) is 0 Å². The number of piperidine rings is 1. The number of β-amino-alcohol motifs (C(OH)–C–C–N with tert-alkyl or cyclic N) is 1. The van der Waals surface area contributed by atoms with Gasteiger partial charge >= 0.3 is 0 Å². The van der Waals surface area contributed by atoms with Crippen molar-refractivity contribution in [2.24, 2.45) is 5.92 Å². The summed E-state index contributed by atoms with van der Waals surface area (Å²) in [4.78, 5) is 2.22. The Kier molecular flexibility index (Phi) is 6.69. The molecule has 0 aliphatic carbocycles. The number of hydrogen-bond donors (Lipinski definition) is 2. The maximum absolute atomic E-state index is 10.1. The minimum absolute atomic E-state index is 0.000298. The Morgan fingerprint density at radius 2 is 1.96 bits per heavy atom. The van der Waals surface area contributed by atoms with Crippen LogP contribution in [0.2, 0.25) is 0 Å². The third-order valence-corrected chi connectivity index (χ3v) is 4.46. The summed E-state index contributed by atoms with van der Waals surface area (Å²) in [6, 6.07) is 4.04. The summed E-state index contributed by atoms with van der Waals surface area (Å²) in [5.74, 6) is 1.75. The molecule has 2 rings (SSSR count). The lowest BCUT2D eigenvalue weighted by atomic mass is 9.94. The smallest absolute Gasteiger partial charge is 0.130 e. The zero-order valence-corrected chi connectivity index (χ0v) is 14.4. The van der Waals surface area contributed by atoms with Crippen LogP contribution in [0.4, 0.5) is 0 Å². The predicted octanol–water partition coefficient (Wildman–Crippen LogP) is 1.97. The molecule has 0 bridgehead atoms. The van der Waals surface area contributed by atoms with E-state index >= 15 is 0 Å². The molecule has 1 aliphatic rings. The van der Waals surface area contributed by atoms with Crippen molar-refractivity contribution in [2.75, 3.05) is 32.9 Å².